The number of carbonyl (C=O) groups is 2. The molecule has 2 N–H and O–H groups in total. The summed E-state index contributed by atoms with van der Waals surface area (Å²) in [4.78, 5) is 24.1. The molecule has 0 aliphatic rings. The van der Waals surface area contributed by atoms with Gasteiger partial charge in [0.15, 0.2) is 0 Å². The topological polar surface area (TPSA) is 120 Å². The first kappa shape index (κ1) is 16.3. The summed E-state index contributed by atoms with van der Waals surface area (Å²) in [5, 5.41) is 15.1. The molecule has 0 bridgehead atoms. The molecular weight excluding hydrogens is 324 g/mol. The number of hydrogen-bond donors (Lipinski definition) is 2. The van der Waals surface area contributed by atoms with Crippen LogP contribution in [0.3, 0.4) is 0 Å². The summed E-state index contributed by atoms with van der Waals surface area (Å²) in [5.41, 5.74) is 7.44. The first-order chi connectivity index (χ1) is 12.0. The molecule has 3 aromatic rings. The Labute approximate surface area is 142 Å². The van der Waals surface area contributed by atoms with Crippen LogP contribution >= 0.6 is 0 Å². The first-order valence-corrected chi connectivity index (χ1v) is 7.46. The number of tetrazole rings is 1. The van der Waals surface area contributed by atoms with Crippen LogP contribution in [0.4, 0.5) is 0 Å². The van der Waals surface area contributed by atoms with E-state index < -0.39 is 5.91 Å². The highest BCUT2D eigenvalue weighted by atomic mass is 16.2. The van der Waals surface area contributed by atoms with Gasteiger partial charge in [-0.05, 0) is 48.5 Å². The van der Waals surface area contributed by atoms with Crippen molar-refractivity contribution < 1.29 is 9.59 Å². The van der Waals surface area contributed by atoms with Crippen molar-refractivity contribution >= 4 is 11.8 Å². The van der Waals surface area contributed by atoms with Crippen molar-refractivity contribution in [2.75, 3.05) is 0 Å². The zero-order chi connectivity index (χ0) is 17.8. The molecule has 10 nitrogen and oxygen atoms in total. The Morgan fingerprint density at radius 3 is 2.68 bits per heavy atom. The van der Waals surface area contributed by atoms with Crippen molar-refractivity contribution in [3.63, 3.8) is 0 Å². The lowest BCUT2D eigenvalue weighted by Gasteiger charge is -2.09. The highest BCUT2D eigenvalue weighted by molar-refractivity contribution is 5.95. The van der Waals surface area contributed by atoms with E-state index in [1.165, 1.54) is 11.0 Å². The number of benzene rings is 1. The Balaban J connectivity index is 1.60. The SMILES string of the molecule is Cc1cc(C)n(CC(=O)NNC(=O)c2cccc(-n3cnnn3)c2)n1. The fraction of sp³-hybridized carbons (Fsp3) is 0.200. The van der Waals surface area contributed by atoms with Crippen LogP contribution in [-0.4, -0.2) is 41.8 Å². The monoisotopic (exact) mass is 340 g/mol. The van der Waals surface area contributed by atoms with Gasteiger partial charge in [-0.1, -0.05) is 6.07 Å². The summed E-state index contributed by atoms with van der Waals surface area (Å²) in [6, 6.07) is 8.56. The molecule has 25 heavy (non-hydrogen) atoms. The van der Waals surface area contributed by atoms with Gasteiger partial charge in [-0.3, -0.25) is 25.1 Å². The van der Waals surface area contributed by atoms with E-state index in [9.17, 15) is 9.59 Å². The Bertz CT molecular complexity index is 900. The lowest BCUT2D eigenvalue weighted by atomic mass is 10.2. The van der Waals surface area contributed by atoms with E-state index in [1.54, 1.807) is 28.9 Å². The van der Waals surface area contributed by atoms with Crippen LogP contribution < -0.4 is 10.9 Å². The highest BCUT2D eigenvalue weighted by Gasteiger charge is 2.11. The molecule has 0 saturated carbocycles. The van der Waals surface area contributed by atoms with Crippen molar-refractivity contribution in [1.29, 1.82) is 0 Å². The molecule has 128 valence electrons. The van der Waals surface area contributed by atoms with Crippen LogP contribution in [0, 0.1) is 13.8 Å². The molecule has 0 unspecified atom stereocenters. The van der Waals surface area contributed by atoms with Crippen molar-refractivity contribution in [1.82, 2.24) is 40.8 Å². The minimum atomic E-state index is -0.448. The summed E-state index contributed by atoms with van der Waals surface area (Å²) in [6.45, 7) is 3.72. The predicted octanol–water partition coefficient (Wildman–Crippen LogP) is -0.0632. The second-order valence-corrected chi connectivity index (χ2v) is 5.39. The van der Waals surface area contributed by atoms with E-state index in [4.69, 9.17) is 0 Å². The Hall–Kier alpha value is -3.56. The van der Waals surface area contributed by atoms with E-state index in [0.717, 1.165) is 11.4 Å². The zero-order valence-corrected chi connectivity index (χ0v) is 13.7. The van der Waals surface area contributed by atoms with E-state index in [-0.39, 0.29) is 12.5 Å². The maximum absolute atomic E-state index is 12.2. The van der Waals surface area contributed by atoms with Crippen LogP contribution in [-0.2, 0) is 11.3 Å². The lowest BCUT2D eigenvalue weighted by Crippen LogP contribution is -2.43. The number of nitrogens with one attached hydrogen (secondary N) is 2. The minimum Gasteiger partial charge on any atom is -0.271 e. The van der Waals surface area contributed by atoms with Crippen LogP contribution in [0.15, 0.2) is 36.7 Å². The van der Waals surface area contributed by atoms with Crippen molar-refractivity contribution in [3.8, 4) is 5.69 Å². The summed E-state index contributed by atoms with van der Waals surface area (Å²) < 4.78 is 2.99. The maximum atomic E-state index is 12.2. The van der Waals surface area contributed by atoms with Gasteiger partial charge in [-0.25, -0.2) is 4.68 Å². The maximum Gasteiger partial charge on any atom is 0.269 e. The van der Waals surface area contributed by atoms with Gasteiger partial charge in [-0.2, -0.15) is 5.10 Å². The first-order valence-electron chi connectivity index (χ1n) is 7.46. The number of hydrazine groups is 1. The summed E-state index contributed by atoms with van der Waals surface area (Å²) >= 11 is 0. The number of aromatic nitrogens is 6. The van der Waals surface area contributed by atoms with Gasteiger partial charge in [0.2, 0.25) is 0 Å². The van der Waals surface area contributed by atoms with Gasteiger partial charge in [-0.15, -0.1) is 5.10 Å². The number of carbonyl (C=O) groups excluding carboxylic acids is 2. The van der Waals surface area contributed by atoms with E-state index in [0.29, 0.717) is 11.3 Å². The van der Waals surface area contributed by atoms with Gasteiger partial charge in [0.25, 0.3) is 11.8 Å². The number of rotatable bonds is 4. The number of nitrogens with zero attached hydrogens (tertiary/aromatic N) is 6. The van der Waals surface area contributed by atoms with Crippen LogP contribution in [0.5, 0.6) is 0 Å². The number of amides is 2. The molecule has 0 aliphatic carbocycles. The zero-order valence-electron chi connectivity index (χ0n) is 13.7. The lowest BCUT2D eigenvalue weighted by molar-refractivity contribution is -0.122. The third kappa shape index (κ3) is 3.86. The molecule has 2 heterocycles. The standard InChI is InChI=1S/C15H16N8O2/c1-10-6-11(2)22(19-10)8-14(24)17-18-15(25)12-4-3-5-13(7-12)23-9-16-20-21-23/h3-7,9H,8H2,1-2H3,(H,17,24)(H,18,25). The van der Waals surface area contributed by atoms with Crippen molar-refractivity contribution in [2.45, 2.75) is 20.4 Å². The van der Waals surface area contributed by atoms with Gasteiger partial charge in [0, 0.05) is 11.3 Å². The van der Waals surface area contributed by atoms with Crippen LogP contribution in [0.25, 0.3) is 5.69 Å². The van der Waals surface area contributed by atoms with Gasteiger partial charge < -0.3 is 0 Å². The third-order valence-electron chi connectivity index (χ3n) is 3.43. The Kier molecular flexibility index (Phi) is 4.50. The van der Waals surface area contributed by atoms with Crippen molar-refractivity contribution in [2.24, 2.45) is 0 Å². The van der Waals surface area contributed by atoms with E-state index >= 15 is 0 Å². The Morgan fingerprint density at radius 1 is 1.16 bits per heavy atom. The fourth-order valence-corrected chi connectivity index (χ4v) is 2.28. The second kappa shape index (κ2) is 6.91. The molecule has 0 atom stereocenters. The van der Waals surface area contributed by atoms with Crippen LogP contribution in [0.2, 0.25) is 0 Å². The summed E-state index contributed by atoms with van der Waals surface area (Å²) in [6.07, 6.45) is 1.42. The second-order valence-electron chi connectivity index (χ2n) is 5.39. The quantitative estimate of drug-likeness (QED) is 0.642. The fourth-order valence-electron chi connectivity index (χ4n) is 2.28. The minimum absolute atomic E-state index is 0.0185. The molecule has 2 aromatic heterocycles. The number of hydrogen-bond acceptors (Lipinski definition) is 6. The third-order valence-corrected chi connectivity index (χ3v) is 3.43. The highest BCUT2D eigenvalue weighted by Crippen LogP contribution is 2.08. The molecule has 0 radical (unpaired) electrons. The molecule has 2 amide bonds. The molecule has 3 rings (SSSR count). The van der Waals surface area contributed by atoms with E-state index in [1.807, 2.05) is 19.9 Å². The molecule has 1 aromatic carbocycles. The van der Waals surface area contributed by atoms with Gasteiger partial charge in [0.1, 0.15) is 12.9 Å². The van der Waals surface area contributed by atoms with Gasteiger partial charge in [0.05, 0.1) is 11.4 Å². The average molecular weight is 340 g/mol. The molecule has 0 fully saturated rings. The smallest absolute Gasteiger partial charge is 0.269 e. The normalized spacial score (nSPS) is 10.5. The molecule has 0 aliphatic heterocycles. The van der Waals surface area contributed by atoms with Crippen LogP contribution in [0.1, 0.15) is 21.7 Å². The summed E-state index contributed by atoms with van der Waals surface area (Å²) in [5.74, 6) is -0.826. The van der Waals surface area contributed by atoms with Crippen molar-refractivity contribution in [3.05, 3.63) is 53.6 Å². The molecular formula is C15H16N8O2. The average Bonchev–Trinajstić information content (AvgIpc) is 3.23. The molecule has 0 saturated heterocycles. The largest absolute Gasteiger partial charge is 0.271 e. The number of aryl methyl sites for hydroxylation is 2. The molecule has 0 spiro atoms. The van der Waals surface area contributed by atoms with E-state index in [2.05, 4.69) is 31.5 Å². The van der Waals surface area contributed by atoms with Gasteiger partial charge >= 0.3 is 0 Å². The summed E-state index contributed by atoms with van der Waals surface area (Å²) in [7, 11) is 0. The Morgan fingerprint density at radius 2 is 2.00 bits per heavy atom. The molecule has 10 heteroatoms. The predicted molar refractivity (Wildman–Crippen MR) is 86.5 cm³/mol.